The van der Waals surface area contributed by atoms with Crippen LogP contribution in [0.25, 0.3) is 6.08 Å². The molecule has 0 aromatic heterocycles. The molecule has 0 radical (unpaired) electrons. The molecule has 2 N–H and O–H groups in total. The number of para-hydroxylation sites is 2. The normalized spacial score (nSPS) is 14.4. The zero-order valence-corrected chi connectivity index (χ0v) is 18.2. The summed E-state index contributed by atoms with van der Waals surface area (Å²) in [5, 5.41) is 6.04. The molecule has 2 aromatic carbocycles. The van der Waals surface area contributed by atoms with E-state index in [-0.39, 0.29) is 18.4 Å². The molecule has 162 valence electrons. The molecule has 9 heteroatoms. The number of nitrogens with zero attached hydrogens (tertiary/aromatic N) is 1. The Kier molecular flexibility index (Phi) is 7.09. The molecule has 2 amide bonds. The number of ether oxygens (including phenoxy) is 3. The van der Waals surface area contributed by atoms with Crippen LogP contribution in [0.5, 0.6) is 17.2 Å². The van der Waals surface area contributed by atoms with Crippen molar-refractivity contribution in [2.75, 3.05) is 32.7 Å². The smallest absolute Gasteiger partial charge is 0.276 e. The van der Waals surface area contributed by atoms with E-state index in [4.69, 9.17) is 26.4 Å². The summed E-state index contributed by atoms with van der Waals surface area (Å²) in [7, 11) is 3.03. The van der Waals surface area contributed by atoms with Crippen LogP contribution in [-0.4, -0.2) is 49.2 Å². The number of carbonyl (C=O) groups excluding carboxylic acids is 2. The van der Waals surface area contributed by atoms with Crippen LogP contribution in [0.2, 0.25) is 0 Å². The first-order valence-corrected chi connectivity index (χ1v) is 9.96. The van der Waals surface area contributed by atoms with Gasteiger partial charge in [0.1, 0.15) is 11.4 Å². The molecule has 0 atom stereocenters. The van der Waals surface area contributed by atoms with Crippen molar-refractivity contribution in [3.05, 3.63) is 53.7 Å². The van der Waals surface area contributed by atoms with Gasteiger partial charge >= 0.3 is 0 Å². The van der Waals surface area contributed by atoms with Crippen molar-refractivity contribution >= 4 is 40.9 Å². The van der Waals surface area contributed by atoms with Crippen LogP contribution in [0, 0.1) is 0 Å². The number of thiocarbonyl (C=S) groups is 1. The van der Waals surface area contributed by atoms with Crippen LogP contribution in [0.15, 0.2) is 48.2 Å². The summed E-state index contributed by atoms with van der Waals surface area (Å²) in [5.41, 5.74) is 1.67. The fourth-order valence-electron chi connectivity index (χ4n) is 3.00. The van der Waals surface area contributed by atoms with Crippen molar-refractivity contribution in [1.29, 1.82) is 0 Å². The number of hydrogen-bond acceptors (Lipinski definition) is 6. The highest BCUT2D eigenvalue weighted by Crippen LogP contribution is 2.29. The number of amides is 2. The van der Waals surface area contributed by atoms with Crippen LogP contribution < -0.4 is 24.8 Å². The van der Waals surface area contributed by atoms with E-state index < -0.39 is 0 Å². The van der Waals surface area contributed by atoms with Gasteiger partial charge in [0, 0.05) is 6.54 Å². The first-order valence-electron chi connectivity index (χ1n) is 9.55. The molecule has 0 saturated carbocycles. The zero-order chi connectivity index (χ0) is 22.4. The van der Waals surface area contributed by atoms with E-state index in [1.807, 2.05) is 13.0 Å². The first kappa shape index (κ1) is 22.1. The molecule has 0 unspecified atom stereocenters. The van der Waals surface area contributed by atoms with E-state index in [0.29, 0.717) is 40.3 Å². The number of benzene rings is 2. The van der Waals surface area contributed by atoms with E-state index in [1.165, 1.54) is 19.1 Å². The number of carbonyl (C=O) groups is 2. The van der Waals surface area contributed by atoms with E-state index in [0.717, 1.165) is 5.56 Å². The van der Waals surface area contributed by atoms with Gasteiger partial charge in [-0.3, -0.25) is 14.5 Å². The van der Waals surface area contributed by atoms with Gasteiger partial charge in [-0.05, 0) is 55.0 Å². The maximum atomic E-state index is 12.3. The average Bonchev–Trinajstić information content (AvgIpc) is 3.05. The minimum absolute atomic E-state index is 0.181. The molecule has 0 bridgehead atoms. The lowest BCUT2D eigenvalue weighted by molar-refractivity contribution is -0.122. The highest BCUT2D eigenvalue weighted by atomic mass is 32.1. The predicted molar refractivity (Wildman–Crippen MR) is 121 cm³/mol. The second-order valence-electron chi connectivity index (χ2n) is 6.49. The summed E-state index contributed by atoms with van der Waals surface area (Å²) in [4.78, 5) is 26.1. The van der Waals surface area contributed by atoms with Crippen molar-refractivity contribution in [3.63, 3.8) is 0 Å². The Hall–Kier alpha value is -3.59. The van der Waals surface area contributed by atoms with Gasteiger partial charge in [-0.25, -0.2) is 0 Å². The summed E-state index contributed by atoms with van der Waals surface area (Å²) in [6, 6.07) is 12.3. The summed E-state index contributed by atoms with van der Waals surface area (Å²) >= 11 is 5.16. The minimum atomic E-state index is -0.341. The number of methoxy groups -OCH3 is 2. The predicted octanol–water partition coefficient (Wildman–Crippen LogP) is 2.80. The van der Waals surface area contributed by atoms with Crippen LogP contribution in [0.1, 0.15) is 12.5 Å². The maximum Gasteiger partial charge on any atom is 0.276 e. The molecular weight excluding hydrogens is 418 g/mol. The van der Waals surface area contributed by atoms with Gasteiger partial charge in [0.25, 0.3) is 11.8 Å². The first-order chi connectivity index (χ1) is 15.0. The third-order valence-corrected chi connectivity index (χ3v) is 4.84. The molecule has 1 fully saturated rings. The van der Waals surface area contributed by atoms with Gasteiger partial charge in [-0.1, -0.05) is 18.2 Å². The number of hydrogen-bond donors (Lipinski definition) is 2. The second-order valence-corrected chi connectivity index (χ2v) is 6.87. The van der Waals surface area contributed by atoms with Crippen LogP contribution >= 0.6 is 12.2 Å². The summed E-state index contributed by atoms with van der Waals surface area (Å²) in [6.45, 7) is 2.14. The number of likely N-dealkylation sites (N-methyl/N-ethyl adjacent to an activating group) is 1. The lowest BCUT2D eigenvalue weighted by atomic mass is 10.1. The van der Waals surface area contributed by atoms with Crippen LogP contribution in [0.3, 0.4) is 0 Å². The quantitative estimate of drug-likeness (QED) is 0.481. The van der Waals surface area contributed by atoms with Gasteiger partial charge in [0.15, 0.2) is 23.2 Å². The van der Waals surface area contributed by atoms with Gasteiger partial charge in [-0.15, -0.1) is 0 Å². The van der Waals surface area contributed by atoms with Crippen LogP contribution in [0.4, 0.5) is 5.69 Å². The van der Waals surface area contributed by atoms with Crippen molar-refractivity contribution in [3.8, 4) is 17.2 Å². The molecule has 1 heterocycles. The Morgan fingerprint density at radius 3 is 2.55 bits per heavy atom. The highest BCUT2D eigenvalue weighted by Gasteiger charge is 2.29. The van der Waals surface area contributed by atoms with E-state index in [1.54, 1.807) is 42.5 Å². The molecule has 1 aliphatic rings. The largest absolute Gasteiger partial charge is 0.495 e. The van der Waals surface area contributed by atoms with Gasteiger partial charge < -0.3 is 24.8 Å². The highest BCUT2D eigenvalue weighted by molar-refractivity contribution is 7.80. The molecule has 3 rings (SSSR count). The van der Waals surface area contributed by atoms with Gasteiger partial charge in [0.2, 0.25) is 0 Å². The van der Waals surface area contributed by atoms with Gasteiger partial charge in [0.05, 0.1) is 19.9 Å². The Bertz CT molecular complexity index is 1040. The molecule has 0 spiro atoms. The van der Waals surface area contributed by atoms with Crippen LogP contribution in [-0.2, 0) is 9.59 Å². The van der Waals surface area contributed by atoms with E-state index in [9.17, 15) is 9.59 Å². The third-order valence-electron chi connectivity index (χ3n) is 4.52. The topological polar surface area (TPSA) is 89.1 Å². The maximum absolute atomic E-state index is 12.3. The van der Waals surface area contributed by atoms with Gasteiger partial charge in [-0.2, -0.15) is 0 Å². The SMILES string of the molecule is CCN1C(=O)/C(=C\c2ccc(OCC(=O)Nc3ccccc3OC)c(OC)c2)NC1=S. The molecule has 31 heavy (non-hydrogen) atoms. The third kappa shape index (κ3) is 5.13. The molecule has 1 saturated heterocycles. The summed E-state index contributed by atoms with van der Waals surface area (Å²) in [5.74, 6) is 0.865. The Balaban J connectivity index is 1.68. The lowest BCUT2D eigenvalue weighted by Gasteiger charge is -2.13. The molecule has 2 aromatic rings. The minimum Gasteiger partial charge on any atom is -0.495 e. The van der Waals surface area contributed by atoms with Crippen molar-refractivity contribution in [1.82, 2.24) is 10.2 Å². The Morgan fingerprint density at radius 1 is 1.13 bits per heavy atom. The van der Waals surface area contributed by atoms with E-state index >= 15 is 0 Å². The Labute approximate surface area is 185 Å². The molecule has 1 aliphatic heterocycles. The molecular formula is C22H23N3O5S. The van der Waals surface area contributed by atoms with Crippen molar-refractivity contribution in [2.45, 2.75) is 6.92 Å². The van der Waals surface area contributed by atoms with Crippen molar-refractivity contribution in [2.24, 2.45) is 0 Å². The fraction of sp³-hybridized carbons (Fsp3) is 0.227. The summed E-state index contributed by atoms with van der Waals surface area (Å²) < 4.78 is 16.2. The second kappa shape index (κ2) is 9.94. The zero-order valence-electron chi connectivity index (χ0n) is 17.4. The molecule has 8 nitrogen and oxygen atoms in total. The number of nitrogens with one attached hydrogen (secondary N) is 2. The standard InChI is InChI=1S/C22H23N3O5S/c1-4-25-21(27)16(24-22(25)31)11-14-9-10-18(19(12-14)29-3)30-13-20(26)23-15-7-5-6-8-17(15)28-2/h5-12H,4,13H2,1-3H3,(H,23,26)(H,24,31)/b16-11+. The summed E-state index contributed by atoms with van der Waals surface area (Å²) in [6.07, 6.45) is 1.69. The monoisotopic (exact) mass is 441 g/mol. The average molecular weight is 442 g/mol. The lowest BCUT2D eigenvalue weighted by Crippen LogP contribution is -2.30. The molecule has 0 aliphatic carbocycles. The number of rotatable bonds is 8. The fourth-order valence-corrected chi connectivity index (χ4v) is 3.32. The number of anilines is 1. The van der Waals surface area contributed by atoms with E-state index in [2.05, 4.69) is 10.6 Å². The van der Waals surface area contributed by atoms with Crippen molar-refractivity contribution < 1.29 is 23.8 Å². The Morgan fingerprint density at radius 2 is 1.87 bits per heavy atom.